The fourth-order valence-electron chi connectivity index (χ4n) is 2.31. The molecule has 0 spiro atoms. The predicted molar refractivity (Wildman–Crippen MR) is 104 cm³/mol. The number of alkyl carbamates (subject to hydrolysis) is 1. The third kappa shape index (κ3) is 6.99. The highest BCUT2D eigenvalue weighted by Crippen LogP contribution is 2.24. The average Bonchev–Trinajstić information content (AvgIpc) is 2.50. The van der Waals surface area contributed by atoms with Crippen LogP contribution in [0.5, 0.6) is 0 Å². The Bertz CT molecular complexity index is 554. The third-order valence-electron chi connectivity index (χ3n) is 3.98. The van der Waals surface area contributed by atoms with Gasteiger partial charge in [0.2, 0.25) is 0 Å². The van der Waals surface area contributed by atoms with Crippen molar-refractivity contribution in [2.45, 2.75) is 65.1 Å². The molecule has 1 rings (SSSR count). The Kier molecular flexibility index (Phi) is 8.03. The van der Waals surface area contributed by atoms with Crippen LogP contribution in [-0.2, 0) is 11.3 Å². The zero-order valence-electron chi connectivity index (χ0n) is 15.1. The Morgan fingerprint density at radius 1 is 1.25 bits per heavy atom. The number of ether oxygens (including phenoxy) is 1. The van der Waals surface area contributed by atoms with E-state index in [-0.39, 0.29) is 11.6 Å². The molecule has 0 aromatic heterocycles. The Labute approximate surface area is 158 Å². The molecule has 136 valence electrons. The first kappa shape index (κ1) is 21.3. The summed E-state index contributed by atoms with van der Waals surface area (Å²) in [5, 5.41) is 7.15. The standard InChI is InChI=1S/C18H28BrClN2O2/c1-6-18(7-2,12-21-16(23)24-17(3,4)5)22-11-13-8-9-14(19)15(20)10-13/h8-10,22H,6-7,11-12H2,1-5H3,(H,21,23). The zero-order chi connectivity index (χ0) is 18.4. The van der Waals surface area contributed by atoms with Crippen molar-refractivity contribution in [2.24, 2.45) is 0 Å². The predicted octanol–water partition coefficient (Wildman–Crippen LogP) is 5.28. The second-order valence-electron chi connectivity index (χ2n) is 6.94. The number of nitrogens with one attached hydrogen (secondary N) is 2. The number of benzene rings is 1. The summed E-state index contributed by atoms with van der Waals surface area (Å²) >= 11 is 9.55. The van der Waals surface area contributed by atoms with Gasteiger partial charge in [-0.05, 0) is 67.2 Å². The van der Waals surface area contributed by atoms with E-state index >= 15 is 0 Å². The van der Waals surface area contributed by atoms with Crippen molar-refractivity contribution in [1.29, 1.82) is 0 Å². The summed E-state index contributed by atoms with van der Waals surface area (Å²) in [6.45, 7) is 11.0. The molecule has 0 unspecified atom stereocenters. The van der Waals surface area contributed by atoms with Gasteiger partial charge in [-0.3, -0.25) is 0 Å². The molecule has 6 heteroatoms. The van der Waals surface area contributed by atoms with E-state index in [1.54, 1.807) is 0 Å². The molecule has 0 saturated heterocycles. The van der Waals surface area contributed by atoms with Gasteiger partial charge < -0.3 is 15.4 Å². The van der Waals surface area contributed by atoms with Crippen molar-refractivity contribution in [3.05, 3.63) is 33.3 Å². The van der Waals surface area contributed by atoms with E-state index < -0.39 is 5.60 Å². The van der Waals surface area contributed by atoms with Crippen LogP contribution >= 0.6 is 27.5 Å². The third-order valence-corrected chi connectivity index (χ3v) is 5.21. The number of carbonyl (C=O) groups excluding carboxylic acids is 1. The van der Waals surface area contributed by atoms with E-state index in [0.717, 1.165) is 22.9 Å². The van der Waals surface area contributed by atoms with E-state index in [0.29, 0.717) is 18.1 Å². The number of carbonyl (C=O) groups is 1. The lowest BCUT2D eigenvalue weighted by Gasteiger charge is -2.34. The average molecular weight is 420 g/mol. The first-order valence-corrected chi connectivity index (χ1v) is 9.43. The van der Waals surface area contributed by atoms with Gasteiger partial charge in [0.1, 0.15) is 5.60 Å². The first-order valence-electron chi connectivity index (χ1n) is 8.26. The van der Waals surface area contributed by atoms with Crippen LogP contribution in [0.25, 0.3) is 0 Å². The molecule has 1 amide bonds. The van der Waals surface area contributed by atoms with Gasteiger partial charge in [0, 0.05) is 23.1 Å². The van der Waals surface area contributed by atoms with Crippen LogP contribution in [0, 0.1) is 0 Å². The Hall–Kier alpha value is -0.780. The molecule has 0 aliphatic carbocycles. The maximum absolute atomic E-state index is 11.9. The van der Waals surface area contributed by atoms with Crippen LogP contribution in [0.2, 0.25) is 5.02 Å². The topological polar surface area (TPSA) is 50.4 Å². The monoisotopic (exact) mass is 418 g/mol. The van der Waals surface area contributed by atoms with Crippen LogP contribution in [0.3, 0.4) is 0 Å². The van der Waals surface area contributed by atoms with E-state index in [2.05, 4.69) is 40.4 Å². The summed E-state index contributed by atoms with van der Waals surface area (Å²) in [7, 11) is 0. The molecule has 0 saturated carbocycles. The Morgan fingerprint density at radius 2 is 1.88 bits per heavy atom. The number of amides is 1. The van der Waals surface area contributed by atoms with Crippen molar-refractivity contribution in [3.63, 3.8) is 0 Å². The van der Waals surface area contributed by atoms with Gasteiger partial charge in [-0.2, -0.15) is 0 Å². The molecular weight excluding hydrogens is 392 g/mol. The highest BCUT2D eigenvalue weighted by molar-refractivity contribution is 9.10. The van der Waals surface area contributed by atoms with Gasteiger partial charge in [0.25, 0.3) is 0 Å². The van der Waals surface area contributed by atoms with Crippen molar-refractivity contribution >= 4 is 33.6 Å². The van der Waals surface area contributed by atoms with Crippen LogP contribution < -0.4 is 10.6 Å². The summed E-state index contributed by atoms with van der Waals surface area (Å²) < 4.78 is 6.20. The number of hydrogen-bond acceptors (Lipinski definition) is 3. The molecule has 4 nitrogen and oxygen atoms in total. The second-order valence-corrected chi connectivity index (χ2v) is 8.21. The van der Waals surface area contributed by atoms with Crippen LogP contribution in [0.4, 0.5) is 4.79 Å². The molecule has 0 heterocycles. The molecule has 1 aromatic rings. The fourth-order valence-corrected chi connectivity index (χ4v) is 2.76. The van der Waals surface area contributed by atoms with Gasteiger partial charge in [-0.1, -0.05) is 31.5 Å². The largest absolute Gasteiger partial charge is 0.444 e. The Morgan fingerprint density at radius 3 is 2.38 bits per heavy atom. The fraction of sp³-hybridized carbons (Fsp3) is 0.611. The lowest BCUT2D eigenvalue weighted by Crippen LogP contribution is -2.53. The van der Waals surface area contributed by atoms with E-state index in [1.165, 1.54) is 0 Å². The number of halogens is 2. The molecule has 0 atom stereocenters. The minimum absolute atomic E-state index is 0.184. The van der Waals surface area contributed by atoms with Gasteiger partial charge in [-0.25, -0.2) is 4.79 Å². The van der Waals surface area contributed by atoms with Gasteiger partial charge in [0.05, 0.1) is 5.02 Å². The summed E-state index contributed by atoms with van der Waals surface area (Å²) in [6.07, 6.45) is 1.40. The zero-order valence-corrected chi connectivity index (χ0v) is 17.5. The molecule has 24 heavy (non-hydrogen) atoms. The maximum atomic E-state index is 11.9. The second kappa shape index (κ2) is 9.07. The van der Waals surface area contributed by atoms with Crippen molar-refractivity contribution < 1.29 is 9.53 Å². The van der Waals surface area contributed by atoms with E-state index in [1.807, 2.05) is 39.0 Å². The van der Waals surface area contributed by atoms with Gasteiger partial charge >= 0.3 is 6.09 Å². The van der Waals surface area contributed by atoms with Crippen molar-refractivity contribution in [1.82, 2.24) is 10.6 Å². The van der Waals surface area contributed by atoms with Crippen LogP contribution in [-0.4, -0.2) is 23.8 Å². The summed E-state index contributed by atoms with van der Waals surface area (Å²) in [5.41, 5.74) is 0.426. The van der Waals surface area contributed by atoms with Crippen LogP contribution in [0.15, 0.2) is 22.7 Å². The van der Waals surface area contributed by atoms with E-state index in [4.69, 9.17) is 16.3 Å². The first-order chi connectivity index (χ1) is 11.1. The van der Waals surface area contributed by atoms with Crippen molar-refractivity contribution in [3.8, 4) is 0 Å². The minimum atomic E-state index is -0.493. The lowest BCUT2D eigenvalue weighted by atomic mass is 9.92. The number of hydrogen-bond donors (Lipinski definition) is 2. The van der Waals surface area contributed by atoms with Gasteiger partial charge in [0.15, 0.2) is 0 Å². The molecule has 2 N–H and O–H groups in total. The maximum Gasteiger partial charge on any atom is 0.407 e. The van der Waals surface area contributed by atoms with Crippen LogP contribution in [0.1, 0.15) is 53.0 Å². The molecule has 0 bridgehead atoms. The Balaban J connectivity index is 2.66. The summed E-state index contributed by atoms with van der Waals surface area (Å²) in [4.78, 5) is 11.9. The summed E-state index contributed by atoms with van der Waals surface area (Å²) in [5.74, 6) is 0. The van der Waals surface area contributed by atoms with E-state index in [9.17, 15) is 4.79 Å². The lowest BCUT2D eigenvalue weighted by molar-refractivity contribution is 0.0507. The molecule has 0 aliphatic heterocycles. The van der Waals surface area contributed by atoms with Crippen molar-refractivity contribution in [2.75, 3.05) is 6.54 Å². The highest BCUT2D eigenvalue weighted by atomic mass is 79.9. The van der Waals surface area contributed by atoms with Gasteiger partial charge in [-0.15, -0.1) is 0 Å². The molecule has 1 aromatic carbocycles. The quantitative estimate of drug-likeness (QED) is 0.632. The SMILES string of the molecule is CCC(CC)(CNC(=O)OC(C)(C)C)NCc1ccc(Br)c(Cl)c1. The molecule has 0 aliphatic rings. The summed E-state index contributed by atoms with van der Waals surface area (Å²) in [6, 6.07) is 5.91. The number of rotatable bonds is 7. The molecule has 0 fully saturated rings. The smallest absolute Gasteiger partial charge is 0.407 e. The minimum Gasteiger partial charge on any atom is -0.444 e. The normalized spacial score (nSPS) is 12.1. The molecular formula is C18H28BrClN2O2. The highest BCUT2D eigenvalue weighted by Gasteiger charge is 2.27. The molecule has 0 radical (unpaired) electrons.